The Kier molecular flexibility index (Phi) is 5.49. The van der Waals surface area contributed by atoms with Gasteiger partial charge in [0.15, 0.2) is 5.78 Å². The lowest BCUT2D eigenvalue weighted by molar-refractivity contribution is 0.0780. The molecule has 130 valence electrons. The molecule has 0 unspecified atom stereocenters. The van der Waals surface area contributed by atoms with Crippen LogP contribution in [0.5, 0.6) is 0 Å². The van der Waals surface area contributed by atoms with Gasteiger partial charge in [0.25, 0.3) is 5.91 Å². The van der Waals surface area contributed by atoms with E-state index in [0.717, 1.165) is 5.56 Å². The number of carbonyl (C=O) groups excluding carboxylic acids is 2. The molecule has 26 heavy (non-hydrogen) atoms. The van der Waals surface area contributed by atoms with Gasteiger partial charge in [0, 0.05) is 29.7 Å². The van der Waals surface area contributed by atoms with Gasteiger partial charge in [-0.05, 0) is 17.7 Å². The summed E-state index contributed by atoms with van der Waals surface area (Å²) in [6.07, 6.45) is 0. The fraction of sp³-hybridized carbons (Fsp3) is 0.0909. The second kappa shape index (κ2) is 7.98. The highest BCUT2D eigenvalue weighted by atomic mass is 35.5. The van der Waals surface area contributed by atoms with Crippen LogP contribution in [-0.2, 0) is 6.54 Å². The summed E-state index contributed by atoms with van der Waals surface area (Å²) in [7, 11) is 1.70. The van der Waals surface area contributed by atoms with E-state index in [2.05, 4.69) is 0 Å². The molecule has 0 radical (unpaired) electrons. The normalized spacial score (nSPS) is 10.4. The van der Waals surface area contributed by atoms with Crippen LogP contribution >= 0.6 is 11.6 Å². The minimum Gasteiger partial charge on any atom is -0.337 e. The maximum absolute atomic E-state index is 12.9. The van der Waals surface area contributed by atoms with Crippen molar-refractivity contribution in [2.24, 2.45) is 0 Å². The van der Waals surface area contributed by atoms with Crippen molar-refractivity contribution < 1.29 is 9.59 Å². The van der Waals surface area contributed by atoms with Gasteiger partial charge in [-0.25, -0.2) is 0 Å². The number of carbonyl (C=O) groups is 2. The number of ketones is 1. The molecule has 1 amide bonds. The predicted octanol–water partition coefficient (Wildman–Crippen LogP) is 4.84. The summed E-state index contributed by atoms with van der Waals surface area (Å²) in [5.74, 6) is -0.384. The maximum Gasteiger partial charge on any atom is 0.254 e. The van der Waals surface area contributed by atoms with E-state index < -0.39 is 0 Å². The lowest BCUT2D eigenvalue weighted by Gasteiger charge is -2.19. The van der Waals surface area contributed by atoms with Crippen molar-refractivity contribution >= 4 is 23.3 Å². The number of nitrogens with zero attached hydrogens (tertiary/aromatic N) is 1. The third-order valence-electron chi connectivity index (χ3n) is 4.15. The minimum atomic E-state index is -0.218. The summed E-state index contributed by atoms with van der Waals surface area (Å²) < 4.78 is 0. The van der Waals surface area contributed by atoms with Crippen LogP contribution in [0.2, 0.25) is 5.02 Å². The molecule has 0 saturated heterocycles. The Morgan fingerprint density at radius 2 is 1.38 bits per heavy atom. The number of amides is 1. The zero-order chi connectivity index (χ0) is 18.5. The van der Waals surface area contributed by atoms with E-state index in [1.54, 1.807) is 66.5 Å². The van der Waals surface area contributed by atoms with Crippen LogP contribution in [0.3, 0.4) is 0 Å². The van der Waals surface area contributed by atoms with Gasteiger partial charge in [0.2, 0.25) is 0 Å². The van der Waals surface area contributed by atoms with Crippen LogP contribution in [0, 0.1) is 0 Å². The van der Waals surface area contributed by atoms with Gasteiger partial charge < -0.3 is 4.90 Å². The predicted molar refractivity (Wildman–Crippen MR) is 104 cm³/mol. The van der Waals surface area contributed by atoms with Crippen LogP contribution in [0.25, 0.3) is 0 Å². The van der Waals surface area contributed by atoms with Crippen molar-refractivity contribution in [2.45, 2.75) is 6.54 Å². The summed E-state index contributed by atoms with van der Waals surface area (Å²) in [6, 6.07) is 23.3. The van der Waals surface area contributed by atoms with Crippen LogP contribution in [-0.4, -0.2) is 23.6 Å². The number of halogens is 1. The molecule has 0 atom stereocenters. The Morgan fingerprint density at radius 1 is 0.808 bits per heavy atom. The highest BCUT2D eigenvalue weighted by molar-refractivity contribution is 6.31. The fourth-order valence-electron chi connectivity index (χ4n) is 2.77. The SMILES string of the molecule is CN(Cc1ccccc1Cl)C(=O)c1ccccc1C(=O)c1ccccc1. The summed E-state index contributed by atoms with van der Waals surface area (Å²) >= 11 is 6.19. The molecule has 4 heteroatoms. The molecule has 0 aliphatic rings. The number of rotatable bonds is 5. The molecule has 0 aliphatic carbocycles. The largest absolute Gasteiger partial charge is 0.337 e. The average molecular weight is 364 g/mol. The van der Waals surface area contributed by atoms with E-state index in [4.69, 9.17) is 11.6 Å². The van der Waals surface area contributed by atoms with Crippen molar-refractivity contribution in [3.8, 4) is 0 Å². The number of benzene rings is 3. The Bertz CT molecular complexity index is 938. The molecule has 0 N–H and O–H groups in total. The van der Waals surface area contributed by atoms with Crippen molar-refractivity contribution in [3.63, 3.8) is 0 Å². The van der Waals surface area contributed by atoms with Crippen molar-refractivity contribution in [2.75, 3.05) is 7.05 Å². The first-order valence-corrected chi connectivity index (χ1v) is 8.63. The third kappa shape index (κ3) is 3.84. The third-order valence-corrected chi connectivity index (χ3v) is 4.52. The van der Waals surface area contributed by atoms with Gasteiger partial charge in [0.05, 0.1) is 5.56 Å². The van der Waals surface area contributed by atoms with Gasteiger partial charge in [0.1, 0.15) is 0 Å². The van der Waals surface area contributed by atoms with Crippen molar-refractivity contribution in [1.29, 1.82) is 0 Å². The second-order valence-corrected chi connectivity index (χ2v) is 6.40. The van der Waals surface area contributed by atoms with E-state index >= 15 is 0 Å². The molecule has 0 aliphatic heterocycles. The molecule has 0 heterocycles. The molecule has 3 rings (SSSR count). The number of hydrogen-bond acceptors (Lipinski definition) is 2. The highest BCUT2D eigenvalue weighted by Crippen LogP contribution is 2.20. The lowest BCUT2D eigenvalue weighted by Crippen LogP contribution is -2.28. The van der Waals surface area contributed by atoms with Crippen LogP contribution in [0.1, 0.15) is 31.8 Å². The first-order chi connectivity index (χ1) is 12.6. The smallest absolute Gasteiger partial charge is 0.254 e. The summed E-state index contributed by atoms with van der Waals surface area (Å²) in [6.45, 7) is 0.367. The van der Waals surface area contributed by atoms with Crippen molar-refractivity contribution in [1.82, 2.24) is 4.90 Å². The number of hydrogen-bond donors (Lipinski definition) is 0. The molecule has 0 fully saturated rings. The van der Waals surface area contributed by atoms with Gasteiger partial charge in [-0.1, -0.05) is 78.3 Å². The zero-order valence-electron chi connectivity index (χ0n) is 14.4. The van der Waals surface area contributed by atoms with E-state index in [1.807, 2.05) is 24.3 Å². The van der Waals surface area contributed by atoms with Gasteiger partial charge in [-0.2, -0.15) is 0 Å². The highest BCUT2D eigenvalue weighted by Gasteiger charge is 2.21. The zero-order valence-corrected chi connectivity index (χ0v) is 15.1. The molecular formula is C22H18ClNO2. The fourth-order valence-corrected chi connectivity index (χ4v) is 2.97. The van der Waals surface area contributed by atoms with Crippen LogP contribution in [0.4, 0.5) is 0 Å². The first kappa shape index (κ1) is 17.9. The molecule has 0 aromatic heterocycles. The molecule has 3 nitrogen and oxygen atoms in total. The average Bonchev–Trinajstić information content (AvgIpc) is 2.69. The molecule has 0 spiro atoms. The summed E-state index contributed by atoms with van der Waals surface area (Å²) in [5.41, 5.74) is 2.20. The molecule has 0 bridgehead atoms. The van der Waals surface area contributed by atoms with E-state index in [1.165, 1.54) is 0 Å². The Morgan fingerprint density at radius 3 is 2.08 bits per heavy atom. The van der Waals surface area contributed by atoms with E-state index in [0.29, 0.717) is 28.3 Å². The minimum absolute atomic E-state index is 0.166. The van der Waals surface area contributed by atoms with Gasteiger partial charge in [-0.15, -0.1) is 0 Å². The molecule has 3 aromatic rings. The van der Waals surface area contributed by atoms with E-state index in [-0.39, 0.29) is 11.7 Å². The first-order valence-electron chi connectivity index (χ1n) is 8.25. The summed E-state index contributed by atoms with van der Waals surface area (Å²) in [4.78, 5) is 27.3. The molecule has 0 saturated carbocycles. The Balaban J connectivity index is 1.88. The lowest BCUT2D eigenvalue weighted by atomic mass is 9.97. The van der Waals surface area contributed by atoms with E-state index in [9.17, 15) is 9.59 Å². The second-order valence-electron chi connectivity index (χ2n) is 5.99. The van der Waals surface area contributed by atoms with Crippen LogP contribution in [0.15, 0.2) is 78.9 Å². The van der Waals surface area contributed by atoms with Crippen LogP contribution < -0.4 is 0 Å². The summed E-state index contributed by atoms with van der Waals surface area (Å²) in [5, 5.41) is 0.612. The topological polar surface area (TPSA) is 37.4 Å². The maximum atomic E-state index is 12.9. The molecular weight excluding hydrogens is 346 g/mol. The van der Waals surface area contributed by atoms with Crippen molar-refractivity contribution in [3.05, 3.63) is 106 Å². The quantitative estimate of drug-likeness (QED) is 0.608. The Hall–Kier alpha value is -2.91. The monoisotopic (exact) mass is 363 g/mol. The Labute approximate surface area is 157 Å². The molecule has 3 aromatic carbocycles. The van der Waals surface area contributed by atoms with Gasteiger partial charge >= 0.3 is 0 Å². The van der Waals surface area contributed by atoms with Gasteiger partial charge in [-0.3, -0.25) is 9.59 Å². The standard InChI is InChI=1S/C22H18ClNO2/c1-24(15-17-11-5-8-14-20(17)23)22(26)19-13-7-6-12-18(19)21(25)16-9-3-2-4-10-16/h2-14H,15H2,1H3.